The minimum Gasteiger partial charge on any atom is -0.481 e. The van der Waals surface area contributed by atoms with Gasteiger partial charge < -0.3 is 25.8 Å². The molecule has 1 aliphatic heterocycles. The molecule has 3 aromatic heterocycles. The first kappa shape index (κ1) is 19.4. The van der Waals surface area contributed by atoms with Gasteiger partial charge in [-0.25, -0.2) is 19.3 Å². The molecular formula is C19H21N7O4. The third-order valence-corrected chi connectivity index (χ3v) is 5.17. The Kier molecular flexibility index (Phi) is 5.09. The number of pyridine rings is 1. The number of aromatic nitrogens is 4. The highest BCUT2D eigenvalue weighted by Gasteiger charge is 2.26. The molecule has 0 atom stereocenters. The molecule has 0 radical (unpaired) electrons. The van der Waals surface area contributed by atoms with Crippen LogP contribution in [0.3, 0.4) is 0 Å². The predicted molar refractivity (Wildman–Crippen MR) is 107 cm³/mol. The van der Waals surface area contributed by atoms with Crippen LogP contribution in [0, 0.1) is 0 Å². The topological polar surface area (TPSA) is 148 Å². The number of likely N-dealkylation sites (tertiary alicyclic amines) is 1. The molecule has 1 aliphatic rings. The van der Waals surface area contributed by atoms with E-state index >= 15 is 0 Å². The van der Waals surface area contributed by atoms with Crippen molar-refractivity contribution in [3.05, 3.63) is 36.3 Å². The number of nitrogens with zero attached hydrogens (tertiary/aromatic N) is 5. The number of amides is 2. The van der Waals surface area contributed by atoms with Gasteiger partial charge in [-0.3, -0.25) is 4.79 Å². The zero-order valence-electron chi connectivity index (χ0n) is 16.3. The molecule has 2 amide bonds. The molecule has 4 heterocycles. The van der Waals surface area contributed by atoms with Crippen LogP contribution in [0.15, 0.2) is 30.7 Å². The Labute approximate surface area is 171 Å². The van der Waals surface area contributed by atoms with Crippen molar-refractivity contribution in [1.82, 2.24) is 29.8 Å². The van der Waals surface area contributed by atoms with Gasteiger partial charge in [0.05, 0.1) is 18.4 Å². The fraction of sp³-hybridized carbons (Fsp3) is 0.316. The Bertz CT molecular complexity index is 1110. The zero-order valence-corrected chi connectivity index (χ0v) is 16.3. The number of carbonyl (C=O) groups is 2. The zero-order chi connectivity index (χ0) is 21.3. The van der Waals surface area contributed by atoms with Gasteiger partial charge in [0.2, 0.25) is 5.88 Å². The van der Waals surface area contributed by atoms with Gasteiger partial charge in [-0.2, -0.15) is 5.10 Å². The summed E-state index contributed by atoms with van der Waals surface area (Å²) in [7, 11) is 1.52. The van der Waals surface area contributed by atoms with E-state index in [-0.39, 0.29) is 17.8 Å². The summed E-state index contributed by atoms with van der Waals surface area (Å²) in [6.45, 7) is 0.758. The number of nitrogen functional groups attached to an aromatic ring is 1. The average molecular weight is 411 g/mol. The van der Waals surface area contributed by atoms with Crippen LogP contribution in [0.4, 0.5) is 10.6 Å². The number of anilines is 1. The van der Waals surface area contributed by atoms with Crippen molar-refractivity contribution in [3.8, 4) is 17.1 Å². The van der Waals surface area contributed by atoms with E-state index in [2.05, 4.69) is 20.4 Å². The molecular weight excluding hydrogens is 390 g/mol. The lowest BCUT2D eigenvalue weighted by atomic mass is 10.0. The highest BCUT2D eigenvalue weighted by atomic mass is 16.5. The molecule has 4 rings (SSSR count). The summed E-state index contributed by atoms with van der Waals surface area (Å²) < 4.78 is 6.76. The van der Waals surface area contributed by atoms with E-state index in [0.29, 0.717) is 48.6 Å². The molecule has 0 unspecified atom stereocenters. The Balaban J connectivity index is 1.66. The van der Waals surface area contributed by atoms with E-state index in [1.165, 1.54) is 18.3 Å². The van der Waals surface area contributed by atoms with Gasteiger partial charge in [-0.05, 0) is 25.0 Å². The van der Waals surface area contributed by atoms with E-state index < -0.39 is 6.09 Å². The van der Waals surface area contributed by atoms with Crippen LogP contribution in [-0.4, -0.2) is 67.8 Å². The quantitative estimate of drug-likeness (QED) is 0.581. The maximum absolute atomic E-state index is 13.1. The van der Waals surface area contributed by atoms with Crippen LogP contribution in [-0.2, 0) is 0 Å². The van der Waals surface area contributed by atoms with Crippen LogP contribution in [0.1, 0.15) is 23.2 Å². The van der Waals surface area contributed by atoms with Crippen LogP contribution in [0.25, 0.3) is 16.8 Å². The summed E-state index contributed by atoms with van der Waals surface area (Å²) in [6.07, 6.45) is 3.08. The second-order valence-electron chi connectivity index (χ2n) is 6.95. The monoisotopic (exact) mass is 411 g/mol. The Hall–Kier alpha value is -3.89. The molecule has 156 valence electrons. The van der Waals surface area contributed by atoms with Crippen molar-refractivity contribution in [2.45, 2.75) is 18.9 Å². The van der Waals surface area contributed by atoms with E-state index in [9.17, 15) is 9.59 Å². The number of methoxy groups -OCH3 is 1. The summed E-state index contributed by atoms with van der Waals surface area (Å²) in [4.78, 5) is 33.6. The second kappa shape index (κ2) is 7.85. The third-order valence-electron chi connectivity index (χ3n) is 5.17. The van der Waals surface area contributed by atoms with Gasteiger partial charge in [0, 0.05) is 37.0 Å². The fourth-order valence-electron chi connectivity index (χ4n) is 3.61. The normalized spacial score (nSPS) is 14.6. The Morgan fingerprint density at radius 3 is 2.73 bits per heavy atom. The predicted octanol–water partition coefficient (Wildman–Crippen LogP) is 1.25. The first-order valence-electron chi connectivity index (χ1n) is 9.39. The van der Waals surface area contributed by atoms with E-state index in [0.717, 1.165) is 5.56 Å². The molecule has 0 aliphatic carbocycles. The summed E-state index contributed by atoms with van der Waals surface area (Å²) >= 11 is 0. The lowest BCUT2D eigenvalue weighted by Gasteiger charge is -2.30. The molecule has 1 fully saturated rings. The number of nitrogens with two attached hydrogens (primary N) is 1. The van der Waals surface area contributed by atoms with Gasteiger partial charge in [-0.1, -0.05) is 0 Å². The van der Waals surface area contributed by atoms with Crippen molar-refractivity contribution in [2.24, 2.45) is 0 Å². The first-order valence-corrected chi connectivity index (χ1v) is 9.39. The minimum absolute atomic E-state index is 0.127. The fourth-order valence-corrected chi connectivity index (χ4v) is 3.61. The lowest BCUT2D eigenvalue weighted by Crippen LogP contribution is -2.46. The van der Waals surface area contributed by atoms with Gasteiger partial charge in [0.1, 0.15) is 11.8 Å². The molecule has 11 nitrogen and oxygen atoms in total. The second-order valence-corrected chi connectivity index (χ2v) is 6.95. The number of carboxylic acid groups (broad SMARTS) is 1. The van der Waals surface area contributed by atoms with Gasteiger partial charge >= 0.3 is 6.09 Å². The van der Waals surface area contributed by atoms with E-state index in [1.807, 2.05) is 0 Å². The minimum atomic E-state index is -0.944. The number of nitrogens with one attached hydrogen (secondary N) is 1. The number of ether oxygens (including phenoxy) is 1. The summed E-state index contributed by atoms with van der Waals surface area (Å²) in [5.41, 5.74) is 8.22. The molecule has 11 heteroatoms. The SMILES string of the molecule is COc1cc(-c2cc(C(=O)NC3CCN(C(=O)O)CC3)c3c(N)ncnn23)ccn1. The number of fused-ring (bicyclic) bond motifs is 1. The highest BCUT2D eigenvalue weighted by Crippen LogP contribution is 2.29. The molecule has 1 saturated heterocycles. The molecule has 0 aromatic carbocycles. The average Bonchev–Trinajstić information content (AvgIpc) is 3.15. The van der Waals surface area contributed by atoms with E-state index in [1.54, 1.807) is 28.9 Å². The summed E-state index contributed by atoms with van der Waals surface area (Å²) in [5.74, 6) is 0.304. The molecule has 0 saturated carbocycles. The third kappa shape index (κ3) is 3.56. The Morgan fingerprint density at radius 2 is 2.03 bits per heavy atom. The maximum atomic E-state index is 13.1. The van der Waals surface area contributed by atoms with Crippen molar-refractivity contribution < 1.29 is 19.4 Å². The van der Waals surface area contributed by atoms with Gasteiger partial charge in [0.15, 0.2) is 5.82 Å². The standard InChI is InChI=1S/C19H21N7O4/c1-30-15-8-11(2-5-21-15)14-9-13(16-17(20)22-10-23-26(14)16)18(27)24-12-3-6-25(7-4-12)19(28)29/h2,5,8-10,12H,3-4,6-7H2,1H3,(H,24,27)(H,28,29)(H2,20,22,23). The lowest BCUT2D eigenvalue weighted by molar-refractivity contribution is 0.0909. The summed E-state index contributed by atoms with van der Waals surface area (Å²) in [5, 5.41) is 16.3. The molecule has 30 heavy (non-hydrogen) atoms. The molecule has 0 bridgehead atoms. The Morgan fingerprint density at radius 1 is 1.27 bits per heavy atom. The summed E-state index contributed by atoms with van der Waals surface area (Å²) in [6, 6.07) is 5.10. The van der Waals surface area contributed by atoms with Crippen LogP contribution in [0.2, 0.25) is 0 Å². The number of piperidine rings is 1. The number of rotatable bonds is 4. The van der Waals surface area contributed by atoms with Crippen molar-refractivity contribution in [3.63, 3.8) is 0 Å². The number of carbonyl (C=O) groups excluding carboxylic acids is 1. The van der Waals surface area contributed by atoms with Crippen LogP contribution < -0.4 is 15.8 Å². The molecule has 0 spiro atoms. The largest absolute Gasteiger partial charge is 0.481 e. The number of hydrogen-bond acceptors (Lipinski definition) is 7. The number of hydrogen-bond donors (Lipinski definition) is 3. The van der Waals surface area contributed by atoms with Gasteiger partial charge in [0.25, 0.3) is 5.91 Å². The molecule has 3 aromatic rings. The van der Waals surface area contributed by atoms with Crippen molar-refractivity contribution >= 4 is 23.3 Å². The van der Waals surface area contributed by atoms with E-state index in [4.69, 9.17) is 15.6 Å². The maximum Gasteiger partial charge on any atom is 0.407 e. The van der Waals surface area contributed by atoms with Crippen molar-refractivity contribution in [1.29, 1.82) is 0 Å². The smallest absolute Gasteiger partial charge is 0.407 e. The van der Waals surface area contributed by atoms with Crippen LogP contribution in [0.5, 0.6) is 5.88 Å². The highest BCUT2D eigenvalue weighted by molar-refractivity contribution is 6.05. The van der Waals surface area contributed by atoms with Crippen molar-refractivity contribution in [2.75, 3.05) is 25.9 Å². The molecule has 4 N–H and O–H groups in total. The van der Waals surface area contributed by atoms with Crippen LogP contribution >= 0.6 is 0 Å². The first-order chi connectivity index (χ1) is 14.5. The van der Waals surface area contributed by atoms with Gasteiger partial charge in [-0.15, -0.1) is 0 Å².